The van der Waals surface area contributed by atoms with E-state index in [4.69, 9.17) is 4.63 Å². The van der Waals surface area contributed by atoms with Crippen LogP contribution in [0.4, 0.5) is 0 Å². The number of hydrogen-bond acceptors (Lipinski definition) is 5. The predicted molar refractivity (Wildman–Crippen MR) is 113 cm³/mol. The number of pyridine rings is 1. The van der Waals surface area contributed by atoms with Gasteiger partial charge in [-0.25, -0.2) is 4.63 Å². The van der Waals surface area contributed by atoms with E-state index in [9.17, 15) is 4.79 Å². The molecule has 0 aliphatic carbocycles. The van der Waals surface area contributed by atoms with Crippen LogP contribution >= 0.6 is 0 Å². The van der Waals surface area contributed by atoms with E-state index in [1.165, 1.54) is 16.6 Å². The summed E-state index contributed by atoms with van der Waals surface area (Å²) in [6.07, 6.45) is 5.89. The summed E-state index contributed by atoms with van der Waals surface area (Å²) in [7, 11) is 0. The topological polar surface area (TPSA) is 87.9 Å². The molecule has 0 spiro atoms. The fraction of sp³-hybridized carbons (Fsp3) is 0.304. The lowest BCUT2D eigenvalue weighted by Crippen LogP contribution is -2.40. The molecule has 7 nitrogen and oxygen atoms in total. The number of piperidine rings is 1. The van der Waals surface area contributed by atoms with Crippen LogP contribution < -0.4 is 0 Å². The van der Waals surface area contributed by atoms with Crippen molar-refractivity contribution in [2.75, 3.05) is 13.1 Å². The van der Waals surface area contributed by atoms with Gasteiger partial charge in [-0.05, 0) is 43.5 Å². The van der Waals surface area contributed by atoms with Crippen LogP contribution in [0.25, 0.3) is 22.0 Å². The number of benzene rings is 1. The summed E-state index contributed by atoms with van der Waals surface area (Å²) in [6, 6.07) is 12.5. The Morgan fingerprint density at radius 1 is 1.20 bits per heavy atom. The number of likely N-dealkylation sites (tertiary alicyclic amines) is 1. The molecule has 7 heteroatoms. The van der Waals surface area contributed by atoms with Gasteiger partial charge in [-0.2, -0.15) is 0 Å². The van der Waals surface area contributed by atoms with Gasteiger partial charge in [0, 0.05) is 53.6 Å². The van der Waals surface area contributed by atoms with Gasteiger partial charge in [0.2, 0.25) is 5.91 Å². The van der Waals surface area contributed by atoms with Gasteiger partial charge in [-0.1, -0.05) is 28.5 Å². The molecule has 1 aromatic carbocycles. The fourth-order valence-corrected chi connectivity index (χ4v) is 4.40. The van der Waals surface area contributed by atoms with Crippen LogP contribution in [0, 0.1) is 6.92 Å². The van der Waals surface area contributed by atoms with Gasteiger partial charge in [0.05, 0.1) is 6.42 Å². The number of aryl methyl sites for hydroxylation is 1. The molecule has 1 fully saturated rings. The Morgan fingerprint density at radius 2 is 2.03 bits per heavy atom. The molecule has 1 atom stereocenters. The zero-order valence-corrected chi connectivity index (χ0v) is 16.8. The molecule has 1 unspecified atom stereocenters. The maximum atomic E-state index is 12.9. The number of hydrogen-bond donors (Lipinski definition) is 1. The van der Waals surface area contributed by atoms with Crippen molar-refractivity contribution in [2.45, 2.75) is 32.1 Å². The molecule has 152 valence electrons. The Hall–Kier alpha value is -3.48. The number of carbonyl (C=O) groups is 1. The van der Waals surface area contributed by atoms with E-state index in [0.29, 0.717) is 17.9 Å². The number of carbonyl (C=O) groups excluding carboxylic acids is 1. The number of fused-ring (bicyclic) bond motifs is 1. The van der Waals surface area contributed by atoms with Gasteiger partial charge >= 0.3 is 0 Å². The summed E-state index contributed by atoms with van der Waals surface area (Å²) in [4.78, 5) is 22.7. The largest absolute Gasteiger partial charge is 0.358 e. The minimum absolute atomic E-state index is 0.0695. The Morgan fingerprint density at radius 3 is 2.83 bits per heavy atom. The molecule has 3 aromatic heterocycles. The van der Waals surface area contributed by atoms with Crippen LogP contribution in [0.15, 0.2) is 53.4 Å². The Labute approximate surface area is 174 Å². The van der Waals surface area contributed by atoms with Gasteiger partial charge in [-0.3, -0.25) is 9.78 Å². The van der Waals surface area contributed by atoms with Gasteiger partial charge in [0.15, 0.2) is 0 Å². The maximum absolute atomic E-state index is 12.9. The first-order valence-electron chi connectivity index (χ1n) is 10.3. The summed E-state index contributed by atoms with van der Waals surface area (Å²) in [5.74, 6) is 0.315. The molecule has 1 aliphatic heterocycles. The summed E-state index contributed by atoms with van der Waals surface area (Å²) >= 11 is 0. The van der Waals surface area contributed by atoms with Gasteiger partial charge in [0.1, 0.15) is 11.4 Å². The third-order valence-corrected chi connectivity index (χ3v) is 5.95. The Bertz CT molecular complexity index is 1180. The normalized spacial score (nSPS) is 16.8. The van der Waals surface area contributed by atoms with Crippen molar-refractivity contribution in [1.82, 2.24) is 25.2 Å². The zero-order chi connectivity index (χ0) is 20.5. The lowest BCUT2D eigenvalue weighted by Gasteiger charge is -2.33. The van der Waals surface area contributed by atoms with E-state index < -0.39 is 0 Å². The molecular weight excluding hydrogens is 378 g/mol. The second kappa shape index (κ2) is 7.74. The van der Waals surface area contributed by atoms with Crippen molar-refractivity contribution < 1.29 is 9.42 Å². The Kier molecular flexibility index (Phi) is 4.78. The molecule has 0 bridgehead atoms. The highest BCUT2D eigenvalue weighted by molar-refractivity contribution is 5.97. The van der Waals surface area contributed by atoms with Crippen molar-refractivity contribution in [3.05, 3.63) is 65.9 Å². The molecule has 1 amide bonds. The van der Waals surface area contributed by atoms with E-state index in [1.54, 1.807) is 0 Å². The molecule has 1 N–H and O–H groups in total. The highest BCUT2D eigenvalue weighted by Crippen LogP contribution is 2.39. The van der Waals surface area contributed by atoms with E-state index >= 15 is 0 Å². The average molecular weight is 401 g/mol. The number of aromatic nitrogens is 4. The monoisotopic (exact) mass is 401 g/mol. The number of nitrogens with one attached hydrogen (secondary N) is 1. The summed E-state index contributed by atoms with van der Waals surface area (Å²) in [5, 5.41) is 8.84. The first kappa shape index (κ1) is 18.5. The number of para-hydroxylation sites is 1. The number of aromatic amines is 1. The third kappa shape index (κ3) is 3.36. The van der Waals surface area contributed by atoms with Crippen LogP contribution in [0.5, 0.6) is 0 Å². The molecule has 5 rings (SSSR count). The Balaban J connectivity index is 1.47. The highest BCUT2D eigenvalue weighted by atomic mass is 16.6. The third-order valence-electron chi connectivity index (χ3n) is 5.95. The number of amides is 1. The standard InChI is InChI=1S/C23H23N5O2/c1-15-20(27-30-26-15)13-21(29)28-12-4-5-17(14-28)23-22(16-8-10-24-11-9-16)18-6-2-3-7-19(18)25-23/h2-3,6-11,17,25H,4-5,12-14H2,1H3. The molecular formula is C23H23N5O2. The molecule has 4 aromatic rings. The first-order valence-corrected chi connectivity index (χ1v) is 10.3. The van der Waals surface area contributed by atoms with Crippen LogP contribution in [0.3, 0.4) is 0 Å². The van der Waals surface area contributed by atoms with Crippen LogP contribution in [-0.2, 0) is 11.2 Å². The molecule has 0 radical (unpaired) electrons. The zero-order valence-electron chi connectivity index (χ0n) is 16.8. The predicted octanol–water partition coefficient (Wildman–Crippen LogP) is 3.87. The van der Waals surface area contributed by atoms with E-state index in [0.717, 1.165) is 30.5 Å². The molecule has 30 heavy (non-hydrogen) atoms. The van der Waals surface area contributed by atoms with E-state index in [1.807, 2.05) is 42.4 Å². The smallest absolute Gasteiger partial charge is 0.228 e. The highest BCUT2D eigenvalue weighted by Gasteiger charge is 2.29. The van der Waals surface area contributed by atoms with Gasteiger partial charge < -0.3 is 9.88 Å². The first-order chi connectivity index (χ1) is 14.7. The second-order valence-electron chi connectivity index (χ2n) is 7.85. The van der Waals surface area contributed by atoms with Crippen molar-refractivity contribution in [1.29, 1.82) is 0 Å². The van der Waals surface area contributed by atoms with Crippen LogP contribution in [0.2, 0.25) is 0 Å². The summed E-state index contributed by atoms with van der Waals surface area (Å²) < 4.78 is 4.74. The quantitative estimate of drug-likeness (QED) is 0.561. The lowest BCUT2D eigenvalue weighted by molar-refractivity contribution is -0.131. The van der Waals surface area contributed by atoms with Gasteiger partial charge in [0.25, 0.3) is 0 Å². The molecule has 1 saturated heterocycles. The number of rotatable bonds is 4. The second-order valence-corrected chi connectivity index (χ2v) is 7.85. The van der Waals surface area contributed by atoms with Crippen molar-refractivity contribution in [3.8, 4) is 11.1 Å². The number of nitrogens with zero attached hydrogens (tertiary/aromatic N) is 4. The maximum Gasteiger partial charge on any atom is 0.228 e. The van der Waals surface area contributed by atoms with Crippen LogP contribution in [-0.4, -0.2) is 44.2 Å². The van der Waals surface area contributed by atoms with Crippen molar-refractivity contribution >= 4 is 16.8 Å². The summed E-state index contributed by atoms with van der Waals surface area (Å²) in [5.41, 5.74) is 5.96. The van der Waals surface area contributed by atoms with Gasteiger partial charge in [-0.15, -0.1) is 0 Å². The number of H-pyrrole nitrogens is 1. The lowest BCUT2D eigenvalue weighted by atomic mass is 9.89. The van der Waals surface area contributed by atoms with Crippen LogP contribution in [0.1, 0.15) is 35.8 Å². The average Bonchev–Trinajstić information content (AvgIpc) is 3.38. The minimum Gasteiger partial charge on any atom is -0.358 e. The molecule has 1 aliphatic rings. The van der Waals surface area contributed by atoms with E-state index in [-0.39, 0.29) is 18.2 Å². The van der Waals surface area contributed by atoms with Crippen molar-refractivity contribution in [3.63, 3.8) is 0 Å². The SMILES string of the molecule is Cc1nonc1CC(=O)N1CCCC(c2[nH]c3ccccc3c2-c2ccncc2)C1. The summed E-state index contributed by atoms with van der Waals surface area (Å²) in [6.45, 7) is 3.27. The fourth-order valence-electron chi connectivity index (χ4n) is 4.40. The van der Waals surface area contributed by atoms with E-state index in [2.05, 4.69) is 38.5 Å². The van der Waals surface area contributed by atoms with Crippen molar-refractivity contribution in [2.24, 2.45) is 0 Å². The molecule has 0 saturated carbocycles. The minimum atomic E-state index is 0.0695. The molecule has 4 heterocycles.